The van der Waals surface area contributed by atoms with Crippen molar-refractivity contribution in [1.29, 1.82) is 0 Å². The zero-order valence-corrected chi connectivity index (χ0v) is 18.8. The Bertz CT molecular complexity index is 1450. The molecule has 1 aromatic carbocycles. The number of fused-ring (bicyclic) bond motifs is 1. The maximum atomic E-state index is 14.9. The van der Waals surface area contributed by atoms with Gasteiger partial charge in [-0.05, 0) is 32.8 Å². The molecule has 0 bridgehead atoms. The Morgan fingerprint density at radius 2 is 1.91 bits per heavy atom. The fourth-order valence-corrected chi connectivity index (χ4v) is 4.62. The van der Waals surface area contributed by atoms with Gasteiger partial charge in [-0.1, -0.05) is 12.1 Å². The highest BCUT2D eigenvalue weighted by atomic mass is 32.2. The van der Waals surface area contributed by atoms with Crippen molar-refractivity contribution in [1.82, 2.24) is 14.5 Å². The molecule has 2 heterocycles. The number of nitrogens with zero attached hydrogens (tertiary/aromatic N) is 3. The first-order chi connectivity index (χ1) is 15.8. The normalized spacial score (nSPS) is 16.4. The Labute approximate surface area is 190 Å². The van der Waals surface area contributed by atoms with Crippen molar-refractivity contribution in [2.75, 3.05) is 12.0 Å². The molecule has 4 rings (SSSR count). The first kappa shape index (κ1) is 24.0. The second-order valence-corrected chi connectivity index (χ2v) is 10.1. The highest BCUT2D eigenvalue weighted by molar-refractivity contribution is 7.92. The summed E-state index contributed by atoms with van der Waals surface area (Å²) in [5, 5.41) is 3.18. The van der Waals surface area contributed by atoms with E-state index in [1.807, 2.05) is 0 Å². The summed E-state index contributed by atoms with van der Waals surface area (Å²) >= 11 is 0. The third kappa shape index (κ3) is 3.91. The van der Waals surface area contributed by atoms with E-state index in [-0.39, 0.29) is 22.7 Å². The summed E-state index contributed by atoms with van der Waals surface area (Å²) in [6, 6.07) is 2.90. The molecule has 3 aromatic rings. The van der Waals surface area contributed by atoms with E-state index in [9.17, 15) is 35.2 Å². The molecule has 1 atom stereocenters. The fourth-order valence-electron chi connectivity index (χ4n) is 3.76. The number of aromatic nitrogens is 3. The molecule has 2 aromatic heterocycles. The minimum absolute atomic E-state index is 0.127. The van der Waals surface area contributed by atoms with E-state index in [1.54, 1.807) is 6.92 Å². The second kappa shape index (κ2) is 8.00. The van der Waals surface area contributed by atoms with E-state index < -0.39 is 49.9 Å². The molecule has 0 radical (unpaired) electrons. The predicted molar refractivity (Wildman–Crippen MR) is 113 cm³/mol. The van der Waals surface area contributed by atoms with Crippen LogP contribution in [-0.4, -0.2) is 35.1 Å². The van der Waals surface area contributed by atoms with Crippen LogP contribution in [0.5, 0.6) is 0 Å². The molecule has 1 aliphatic rings. The molecule has 1 aliphatic carbocycles. The summed E-state index contributed by atoms with van der Waals surface area (Å²) in [6.07, 6.45) is 2.36. The van der Waals surface area contributed by atoms with E-state index in [1.165, 1.54) is 23.8 Å². The summed E-state index contributed by atoms with van der Waals surface area (Å²) in [5.41, 5.74) is -7.15. The van der Waals surface area contributed by atoms with Crippen molar-refractivity contribution in [3.63, 3.8) is 0 Å². The number of pyridine rings is 1. The van der Waals surface area contributed by atoms with Gasteiger partial charge in [-0.25, -0.2) is 27.2 Å². The quantitative estimate of drug-likeness (QED) is 0.509. The summed E-state index contributed by atoms with van der Waals surface area (Å²) in [4.78, 5) is 19.5. The standard InChI is InChI=1S/C21H19F5N4O3S/c1-11(13-4-3-5-16(18(13)23)34(32,33)21(24,25)26)27-19-14-9-30(20(10-22)6-7-20)17(31)8-15(14)28-12(2)29-19/h3-5,8-9,11H,6-7,10H2,1-2H3,(H,27,28,29). The topological polar surface area (TPSA) is 94.0 Å². The third-order valence-electron chi connectivity index (χ3n) is 5.84. The first-order valence-electron chi connectivity index (χ1n) is 10.1. The SMILES string of the molecule is Cc1nc(NC(C)c2cccc(S(=O)(=O)C(F)(F)F)c2F)c2cn(C3(CF)CC3)c(=O)cc2n1. The van der Waals surface area contributed by atoms with Crippen LogP contribution in [-0.2, 0) is 15.4 Å². The van der Waals surface area contributed by atoms with Crippen molar-refractivity contribution in [3.8, 4) is 0 Å². The number of hydrogen-bond donors (Lipinski definition) is 1. The molecule has 7 nitrogen and oxygen atoms in total. The molecular weight excluding hydrogens is 483 g/mol. The van der Waals surface area contributed by atoms with E-state index in [0.29, 0.717) is 24.3 Å². The van der Waals surface area contributed by atoms with Crippen LogP contribution in [0.3, 0.4) is 0 Å². The molecule has 1 saturated carbocycles. The Hall–Kier alpha value is -3.09. The molecule has 0 saturated heterocycles. The fraction of sp³-hybridized carbons (Fsp3) is 0.381. The molecule has 0 spiro atoms. The molecule has 1 unspecified atom stereocenters. The molecule has 182 valence electrons. The number of rotatable bonds is 6. The van der Waals surface area contributed by atoms with Crippen LogP contribution >= 0.6 is 0 Å². The van der Waals surface area contributed by atoms with Gasteiger partial charge in [0, 0.05) is 17.8 Å². The van der Waals surface area contributed by atoms with Crippen LogP contribution in [0.2, 0.25) is 0 Å². The Morgan fingerprint density at radius 3 is 2.50 bits per heavy atom. The van der Waals surface area contributed by atoms with E-state index >= 15 is 0 Å². The summed E-state index contributed by atoms with van der Waals surface area (Å²) in [7, 11) is -5.90. The van der Waals surface area contributed by atoms with Gasteiger partial charge in [-0.15, -0.1) is 0 Å². The lowest BCUT2D eigenvalue weighted by Gasteiger charge is -2.20. The van der Waals surface area contributed by atoms with Crippen molar-refractivity contribution in [2.45, 2.75) is 48.7 Å². The number of anilines is 1. The van der Waals surface area contributed by atoms with Crippen molar-refractivity contribution in [2.24, 2.45) is 0 Å². The predicted octanol–water partition coefficient (Wildman–Crippen LogP) is 4.16. The Morgan fingerprint density at radius 1 is 1.24 bits per heavy atom. The van der Waals surface area contributed by atoms with E-state index in [2.05, 4.69) is 15.3 Å². The van der Waals surface area contributed by atoms with Crippen LogP contribution in [0, 0.1) is 12.7 Å². The van der Waals surface area contributed by atoms with Crippen LogP contribution < -0.4 is 10.9 Å². The van der Waals surface area contributed by atoms with Gasteiger partial charge < -0.3 is 9.88 Å². The lowest BCUT2D eigenvalue weighted by Crippen LogP contribution is -2.31. The lowest BCUT2D eigenvalue weighted by atomic mass is 10.1. The van der Waals surface area contributed by atoms with Crippen molar-refractivity contribution >= 4 is 26.6 Å². The minimum Gasteiger partial charge on any atom is -0.363 e. The molecule has 34 heavy (non-hydrogen) atoms. The lowest BCUT2D eigenvalue weighted by molar-refractivity contribution is -0.0437. The number of benzene rings is 1. The zero-order valence-electron chi connectivity index (χ0n) is 17.9. The first-order valence-corrected chi connectivity index (χ1v) is 11.6. The summed E-state index contributed by atoms with van der Waals surface area (Å²) in [6.45, 7) is 2.21. The second-order valence-electron chi connectivity index (χ2n) is 8.23. The highest BCUT2D eigenvalue weighted by Crippen LogP contribution is 2.43. The summed E-state index contributed by atoms with van der Waals surface area (Å²) in [5.74, 6) is -1.16. The van der Waals surface area contributed by atoms with Crippen LogP contribution in [0.1, 0.15) is 37.2 Å². The van der Waals surface area contributed by atoms with Gasteiger partial charge in [0.1, 0.15) is 29.0 Å². The molecule has 0 amide bonds. The van der Waals surface area contributed by atoms with Crippen LogP contribution in [0.4, 0.5) is 27.8 Å². The number of alkyl halides is 4. The Kier molecular flexibility index (Phi) is 5.66. The molecule has 1 N–H and O–H groups in total. The van der Waals surface area contributed by atoms with Gasteiger partial charge >= 0.3 is 5.51 Å². The third-order valence-corrected chi connectivity index (χ3v) is 7.34. The Balaban J connectivity index is 1.79. The number of aryl methyl sites for hydroxylation is 1. The molecule has 1 fully saturated rings. The van der Waals surface area contributed by atoms with Gasteiger partial charge in [0.05, 0.1) is 22.5 Å². The monoisotopic (exact) mass is 502 g/mol. The number of nitrogens with one attached hydrogen (secondary N) is 1. The van der Waals surface area contributed by atoms with Crippen LogP contribution in [0.15, 0.2) is 40.2 Å². The van der Waals surface area contributed by atoms with Gasteiger partial charge in [0.25, 0.3) is 15.4 Å². The van der Waals surface area contributed by atoms with Gasteiger partial charge in [-0.2, -0.15) is 13.2 Å². The summed E-state index contributed by atoms with van der Waals surface area (Å²) < 4.78 is 92.2. The smallest absolute Gasteiger partial charge is 0.363 e. The van der Waals surface area contributed by atoms with Crippen molar-refractivity contribution < 1.29 is 30.4 Å². The van der Waals surface area contributed by atoms with Gasteiger partial charge in [0.15, 0.2) is 0 Å². The van der Waals surface area contributed by atoms with Gasteiger partial charge in [-0.3, -0.25) is 4.79 Å². The zero-order chi connectivity index (χ0) is 25.1. The highest BCUT2D eigenvalue weighted by Gasteiger charge is 2.48. The van der Waals surface area contributed by atoms with E-state index in [4.69, 9.17) is 0 Å². The average Bonchev–Trinajstić information content (AvgIpc) is 3.53. The van der Waals surface area contributed by atoms with Crippen LogP contribution in [0.25, 0.3) is 10.9 Å². The number of halogens is 5. The van der Waals surface area contributed by atoms with Crippen molar-refractivity contribution in [3.05, 3.63) is 58.0 Å². The minimum atomic E-state index is -5.90. The van der Waals surface area contributed by atoms with Gasteiger partial charge in [0.2, 0.25) is 0 Å². The van der Waals surface area contributed by atoms with E-state index in [0.717, 1.165) is 12.1 Å². The maximum absolute atomic E-state index is 14.9. The number of hydrogen-bond acceptors (Lipinski definition) is 6. The largest absolute Gasteiger partial charge is 0.502 e. The number of sulfone groups is 1. The molecule has 13 heteroatoms. The molecule has 0 aliphatic heterocycles. The molecular formula is C21H19F5N4O3S. The maximum Gasteiger partial charge on any atom is 0.502 e. The average molecular weight is 502 g/mol.